The summed E-state index contributed by atoms with van der Waals surface area (Å²) in [6.07, 6.45) is 2.49. The van der Waals surface area contributed by atoms with E-state index in [1.54, 1.807) is 6.92 Å². The van der Waals surface area contributed by atoms with Crippen LogP contribution in [0.3, 0.4) is 0 Å². The summed E-state index contributed by atoms with van der Waals surface area (Å²) < 4.78 is 0. The van der Waals surface area contributed by atoms with Gasteiger partial charge >= 0.3 is 0 Å². The minimum absolute atomic E-state index is 0.0315. The summed E-state index contributed by atoms with van der Waals surface area (Å²) in [6, 6.07) is 14.5. The molecule has 1 aliphatic rings. The van der Waals surface area contributed by atoms with Gasteiger partial charge in [0, 0.05) is 6.42 Å². The van der Waals surface area contributed by atoms with Crippen LogP contribution in [-0.2, 0) is 16.8 Å². The predicted octanol–water partition coefficient (Wildman–Crippen LogP) is 4.22. The molecule has 1 atom stereocenters. The zero-order chi connectivity index (χ0) is 15.7. The van der Waals surface area contributed by atoms with Crippen LogP contribution < -0.4 is 0 Å². The van der Waals surface area contributed by atoms with Gasteiger partial charge in [0.05, 0.1) is 5.60 Å². The van der Waals surface area contributed by atoms with Crippen molar-refractivity contribution >= 4 is 5.78 Å². The second-order valence-electron chi connectivity index (χ2n) is 6.33. The molecule has 0 heterocycles. The first kappa shape index (κ1) is 15.0. The molecule has 0 fully saturated rings. The maximum absolute atomic E-state index is 11.7. The number of Topliss-reactive ketones (excluding diaryl/α,β-unsaturated/α-hetero) is 1. The molecule has 0 aromatic heterocycles. The van der Waals surface area contributed by atoms with Gasteiger partial charge in [-0.15, -0.1) is 0 Å². The van der Waals surface area contributed by atoms with Crippen molar-refractivity contribution < 1.29 is 9.90 Å². The molecule has 0 spiro atoms. The Morgan fingerprint density at radius 3 is 2.59 bits per heavy atom. The van der Waals surface area contributed by atoms with Crippen molar-refractivity contribution in [1.82, 2.24) is 0 Å². The lowest BCUT2D eigenvalue weighted by atomic mass is 9.81. The fourth-order valence-electron chi connectivity index (χ4n) is 3.74. The standard InChI is InChI=1S/C20H22O2/c1-3-11-20(22,13-14(2)21)19-10-6-9-17-16-8-5-4-7-15(16)12-18(17)19/h4-10,22H,3,11-13H2,1-2H3. The smallest absolute Gasteiger partial charge is 0.133 e. The van der Waals surface area contributed by atoms with E-state index in [4.69, 9.17) is 0 Å². The maximum Gasteiger partial charge on any atom is 0.133 e. The zero-order valence-electron chi connectivity index (χ0n) is 13.2. The number of aliphatic hydroxyl groups is 1. The Hall–Kier alpha value is -1.93. The Morgan fingerprint density at radius 1 is 1.14 bits per heavy atom. The number of rotatable bonds is 5. The van der Waals surface area contributed by atoms with E-state index < -0.39 is 5.60 Å². The summed E-state index contributed by atoms with van der Waals surface area (Å²) >= 11 is 0. The highest BCUT2D eigenvalue weighted by atomic mass is 16.3. The summed E-state index contributed by atoms with van der Waals surface area (Å²) in [4.78, 5) is 11.7. The van der Waals surface area contributed by atoms with E-state index in [0.717, 1.165) is 18.4 Å². The van der Waals surface area contributed by atoms with E-state index in [-0.39, 0.29) is 12.2 Å². The first-order chi connectivity index (χ1) is 10.5. The van der Waals surface area contributed by atoms with Crippen LogP contribution in [0.25, 0.3) is 11.1 Å². The molecule has 0 amide bonds. The lowest BCUT2D eigenvalue weighted by molar-refractivity contribution is -0.122. The number of fused-ring (bicyclic) bond motifs is 3. The van der Waals surface area contributed by atoms with Crippen molar-refractivity contribution in [2.75, 3.05) is 0 Å². The first-order valence-corrected chi connectivity index (χ1v) is 7.97. The molecular weight excluding hydrogens is 272 g/mol. The Kier molecular flexibility index (Phi) is 3.88. The first-order valence-electron chi connectivity index (χ1n) is 7.97. The van der Waals surface area contributed by atoms with Crippen LogP contribution >= 0.6 is 0 Å². The molecule has 114 valence electrons. The van der Waals surface area contributed by atoms with Crippen molar-refractivity contribution in [3.63, 3.8) is 0 Å². The van der Waals surface area contributed by atoms with Crippen LogP contribution in [0.15, 0.2) is 42.5 Å². The molecule has 1 N–H and O–H groups in total. The Balaban J connectivity index is 2.12. The van der Waals surface area contributed by atoms with Crippen molar-refractivity contribution in [2.45, 2.75) is 45.1 Å². The fraction of sp³-hybridized carbons (Fsp3) is 0.350. The number of carbonyl (C=O) groups excluding carboxylic acids is 1. The molecule has 2 heteroatoms. The van der Waals surface area contributed by atoms with E-state index in [1.165, 1.54) is 22.3 Å². The third kappa shape index (κ3) is 2.48. The van der Waals surface area contributed by atoms with E-state index in [9.17, 15) is 9.90 Å². The largest absolute Gasteiger partial charge is 0.385 e. The van der Waals surface area contributed by atoms with E-state index in [2.05, 4.69) is 30.3 Å². The predicted molar refractivity (Wildman–Crippen MR) is 88.8 cm³/mol. The molecule has 1 unspecified atom stereocenters. The van der Waals surface area contributed by atoms with Crippen LogP contribution in [0.1, 0.15) is 49.8 Å². The van der Waals surface area contributed by atoms with Gasteiger partial charge in [0.15, 0.2) is 0 Å². The maximum atomic E-state index is 11.7. The monoisotopic (exact) mass is 294 g/mol. The summed E-state index contributed by atoms with van der Waals surface area (Å²) in [7, 11) is 0. The average molecular weight is 294 g/mol. The average Bonchev–Trinajstić information content (AvgIpc) is 2.85. The minimum atomic E-state index is -1.05. The molecule has 0 saturated heterocycles. The quantitative estimate of drug-likeness (QED) is 0.765. The molecule has 22 heavy (non-hydrogen) atoms. The highest BCUT2D eigenvalue weighted by molar-refractivity contribution is 5.80. The third-order valence-corrected chi connectivity index (χ3v) is 4.56. The van der Waals surface area contributed by atoms with Crippen molar-refractivity contribution in [3.8, 4) is 11.1 Å². The summed E-state index contributed by atoms with van der Waals surface area (Å²) in [5.41, 5.74) is 4.81. The van der Waals surface area contributed by atoms with Gasteiger partial charge in [0.2, 0.25) is 0 Å². The Bertz CT molecular complexity index is 717. The van der Waals surface area contributed by atoms with Crippen LogP contribution in [0, 0.1) is 0 Å². The van der Waals surface area contributed by atoms with Gasteiger partial charge in [0.1, 0.15) is 5.78 Å². The Labute approximate surface area is 131 Å². The molecule has 0 aliphatic heterocycles. The molecule has 0 bridgehead atoms. The van der Waals surface area contributed by atoms with Gasteiger partial charge in [-0.25, -0.2) is 0 Å². The van der Waals surface area contributed by atoms with Gasteiger partial charge in [0.25, 0.3) is 0 Å². The lowest BCUT2D eigenvalue weighted by Gasteiger charge is -2.29. The van der Waals surface area contributed by atoms with Crippen molar-refractivity contribution in [3.05, 3.63) is 59.2 Å². The van der Waals surface area contributed by atoms with Gasteiger partial charge < -0.3 is 5.11 Å². The van der Waals surface area contributed by atoms with Gasteiger partial charge in [-0.3, -0.25) is 4.79 Å². The van der Waals surface area contributed by atoms with Crippen molar-refractivity contribution in [2.24, 2.45) is 0 Å². The number of carbonyl (C=O) groups is 1. The zero-order valence-corrected chi connectivity index (χ0v) is 13.2. The summed E-state index contributed by atoms with van der Waals surface area (Å²) in [5, 5.41) is 11.2. The number of hydrogen-bond acceptors (Lipinski definition) is 2. The van der Waals surface area contributed by atoms with Gasteiger partial charge in [-0.2, -0.15) is 0 Å². The summed E-state index contributed by atoms with van der Waals surface area (Å²) in [6.45, 7) is 3.60. The number of hydrogen-bond donors (Lipinski definition) is 1. The molecule has 3 rings (SSSR count). The molecule has 2 aromatic rings. The molecule has 0 saturated carbocycles. The van der Waals surface area contributed by atoms with Crippen LogP contribution in [0.5, 0.6) is 0 Å². The fourth-order valence-corrected chi connectivity index (χ4v) is 3.74. The van der Waals surface area contributed by atoms with Crippen LogP contribution in [0.2, 0.25) is 0 Å². The van der Waals surface area contributed by atoms with Gasteiger partial charge in [-0.05, 0) is 47.6 Å². The van der Waals surface area contributed by atoms with Crippen molar-refractivity contribution in [1.29, 1.82) is 0 Å². The number of ketones is 1. The molecule has 0 radical (unpaired) electrons. The summed E-state index contributed by atoms with van der Waals surface area (Å²) in [5.74, 6) is 0.0315. The van der Waals surface area contributed by atoms with Gasteiger partial charge in [-0.1, -0.05) is 55.8 Å². The topological polar surface area (TPSA) is 37.3 Å². The number of benzene rings is 2. The third-order valence-electron chi connectivity index (χ3n) is 4.56. The highest BCUT2D eigenvalue weighted by Crippen LogP contribution is 2.43. The molecular formula is C20H22O2. The minimum Gasteiger partial charge on any atom is -0.385 e. The van der Waals surface area contributed by atoms with E-state index >= 15 is 0 Å². The SMILES string of the molecule is CCCC(O)(CC(C)=O)c1cccc2c1Cc1ccccc1-2. The molecule has 2 aromatic carbocycles. The normalized spacial score (nSPS) is 15.0. The lowest BCUT2D eigenvalue weighted by Crippen LogP contribution is -2.29. The Morgan fingerprint density at radius 2 is 1.86 bits per heavy atom. The van der Waals surface area contributed by atoms with Crippen LogP contribution in [-0.4, -0.2) is 10.9 Å². The van der Waals surface area contributed by atoms with E-state index in [0.29, 0.717) is 6.42 Å². The second-order valence-corrected chi connectivity index (χ2v) is 6.33. The molecule has 2 nitrogen and oxygen atoms in total. The second kappa shape index (κ2) is 5.69. The highest BCUT2D eigenvalue weighted by Gasteiger charge is 2.34. The molecule has 1 aliphatic carbocycles. The van der Waals surface area contributed by atoms with E-state index in [1.807, 2.05) is 19.1 Å². The van der Waals surface area contributed by atoms with Crippen LogP contribution in [0.4, 0.5) is 0 Å².